The predicted octanol–water partition coefficient (Wildman–Crippen LogP) is 1.17. The fourth-order valence-electron chi connectivity index (χ4n) is 4.41. The van der Waals surface area contributed by atoms with Gasteiger partial charge in [-0.3, -0.25) is 0 Å². The zero-order valence-corrected chi connectivity index (χ0v) is 13.2. The first-order valence-corrected chi connectivity index (χ1v) is 8.49. The Kier molecular flexibility index (Phi) is 4.97. The van der Waals surface area contributed by atoms with Crippen molar-refractivity contribution in [1.29, 1.82) is 0 Å². The van der Waals surface area contributed by atoms with Gasteiger partial charge in [0.1, 0.15) is 0 Å². The SMILES string of the molecule is CC(CC1COCCN1)N1CCC2C(CCCN2C)C1. The number of hydrogen-bond donors (Lipinski definition) is 1. The quantitative estimate of drug-likeness (QED) is 0.840. The second kappa shape index (κ2) is 6.73. The Morgan fingerprint density at radius 2 is 2.20 bits per heavy atom. The van der Waals surface area contributed by atoms with Gasteiger partial charge in [0, 0.05) is 31.2 Å². The number of likely N-dealkylation sites (tertiary alicyclic amines) is 2. The van der Waals surface area contributed by atoms with E-state index in [1.807, 2.05) is 0 Å². The Balaban J connectivity index is 1.50. The van der Waals surface area contributed by atoms with Gasteiger partial charge in [-0.05, 0) is 58.7 Å². The summed E-state index contributed by atoms with van der Waals surface area (Å²) in [6, 6.07) is 2.09. The number of morpholine rings is 1. The van der Waals surface area contributed by atoms with Gasteiger partial charge in [-0.1, -0.05) is 0 Å². The van der Waals surface area contributed by atoms with Crippen molar-refractivity contribution in [2.24, 2.45) is 5.92 Å². The third-order valence-electron chi connectivity index (χ3n) is 5.62. The van der Waals surface area contributed by atoms with E-state index < -0.39 is 0 Å². The molecule has 4 heteroatoms. The number of piperidine rings is 2. The van der Waals surface area contributed by atoms with Gasteiger partial charge in [0.2, 0.25) is 0 Å². The van der Waals surface area contributed by atoms with Crippen LogP contribution in [-0.4, -0.2) is 74.4 Å². The van der Waals surface area contributed by atoms with Gasteiger partial charge in [0.25, 0.3) is 0 Å². The fourth-order valence-corrected chi connectivity index (χ4v) is 4.41. The van der Waals surface area contributed by atoms with Crippen molar-refractivity contribution < 1.29 is 4.74 Å². The average molecular weight is 281 g/mol. The number of nitrogens with one attached hydrogen (secondary N) is 1. The molecule has 4 atom stereocenters. The maximum atomic E-state index is 5.58. The van der Waals surface area contributed by atoms with Crippen LogP contribution in [0.25, 0.3) is 0 Å². The van der Waals surface area contributed by atoms with Crippen molar-refractivity contribution >= 4 is 0 Å². The van der Waals surface area contributed by atoms with Crippen molar-refractivity contribution in [3.8, 4) is 0 Å². The molecule has 3 saturated heterocycles. The molecule has 0 amide bonds. The van der Waals surface area contributed by atoms with Crippen molar-refractivity contribution in [1.82, 2.24) is 15.1 Å². The van der Waals surface area contributed by atoms with Crippen LogP contribution in [0.1, 0.15) is 32.6 Å². The van der Waals surface area contributed by atoms with Crippen LogP contribution in [0, 0.1) is 5.92 Å². The third kappa shape index (κ3) is 3.35. The molecule has 3 aliphatic rings. The minimum Gasteiger partial charge on any atom is -0.379 e. The summed E-state index contributed by atoms with van der Waals surface area (Å²) < 4.78 is 5.58. The molecule has 3 rings (SSSR count). The lowest BCUT2D eigenvalue weighted by Gasteiger charge is -2.48. The smallest absolute Gasteiger partial charge is 0.0620 e. The minimum atomic E-state index is 0.561. The molecule has 0 aromatic rings. The van der Waals surface area contributed by atoms with E-state index in [4.69, 9.17) is 4.74 Å². The summed E-state index contributed by atoms with van der Waals surface area (Å²) in [5, 5.41) is 3.59. The van der Waals surface area contributed by atoms with Crippen LogP contribution >= 0.6 is 0 Å². The van der Waals surface area contributed by atoms with E-state index in [0.717, 1.165) is 31.7 Å². The number of hydrogen-bond acceptors (Lipinski definition) is 4. The Morgan fingerprint density at radius 3 is 3.00 bits per heavy atom. The Hall–Kier alpha value is -0.160. The lowest BCUT2D eigenvalue weighted by molar-refractivity contribution is 0.0122. The van der Waals surface area contributed by atoms with E-state index in [-0.39, 0.29) is 0 Å². The van der Waals surface area contributed by atoms with E-state index in [0.29, 0.717) is 12.1 Å². The first kappa shape index (κ1) is 14.8. The molecule has 0 aliphatic carbocycles. The summed E-state index contributed by atoms with van der Waals surface area (Å²) in [7, 11) is 2.32. The molecule has 3 aliphatic heterocycles. The predicted molar refractivity (Wildman–Crippen MR) is 82.0 cm³/mol. The lowest BCUT2D eigenvalue weighted by atomic mass is 9.83. The normalized spacial score (nSPS) is 38.4. The maximum absolute atomic E-state index is 5.58. The highest BCUT2D eigenvalue weighted by molar-refractivity contribution is 4.91. The van der Waals surface area contributed by atoms with E-state index in [2.05, 4.69) is 29.1 Å². The van der Waals surface area contributed by atoms with Crippen molar-refractivity contribution in [3.63, 3.8) is 0 Å². The van der Waals surface area contributed by atoms with E-state index >= 15 is 0 Å². The van der Waals surface area contributed by atoms with Crippen LogP contribution < -0.4 is 5.32 Å². The second-order valence-electron chi connectivity index (χ2n) is 7.04. The number of ether oxygens (including phenoxy) is 1. The highest BCUT2D eigenvalue weighted by Crippen LogP contribution is 2.30. The minimum absolute atomic E-state index is 0.561. The molecule has 116 valence electrons. The number of rotatable bonds is 3. The molecular weight excluding hydrogens is 250 g/mol. The molecule has 1 N–H and O–H groups in total. The molecular formula is C16H31N3O. The monoisotopic (exact) mass is 281 g/mol. The molecule has 0 radical (unpaired) electrons. The molecule has 3 heterocycles. The summed E-state index contributed by atoms with van der Waals surface area (Å²) in [4.78, 5) is 5.34. The molecule has 20 heavy (non-hydrogen) atoms. The van der Waals surface area contributed by atoms with Gasteiger partial charge in [0.15, 0.2) is 0 Å². The van der Waals surface area contributed by atoms with Gasteiger partial charge in [0.05, 0.1) is 13.2 Å². The summed E-state index contributed by atoms with van der Waals surface area (Å²) >= 11 is 0. The zero-order chi connectivity index (χ0) is 13.9. The molecule has 4 unspecified atom stereocenters. The summed E-state index contributed by atoms with van der Waals surface area (Å²) in [5.41, 5.74) is 0. The molecule has 0 aromatic carbocycles. The Morgan fingerprint density at radius 1 is 1.30 bits per heavy atom. The number of fused-ring (bicyclic) bond motifs is 1. The second-order valence-corrected chi connectivity index (χ2v) is 7.04. The van der Waals surface area contributed by atoms with Crippen molar-refractivity contribution in [2.75, 3.05) is 46.4 Å². The van der Waals surface area contributed by atoms with Crippen LogP contribution in [0.3, 0.4) is 0 Å². The molecule has 3 fully saturated rings. The van der Waals surface area contributed by atoms with Gasteiger partial charge < -0.3 is 19.9 Å². The van der Waals surface area contributed by atoms with E-state index in [9.17, 15) is 0 Å². The van der Waals surface area contributed by atoms with Crippen LogP contribution in [-0.2, 0) is 4.74 Å². The first-order chi connectivity index (χ1) is 9.74. The van der Waals surface area contributed by atoms with Gasteiger partial charge >= 0.3 is 0 Å². The Labute approximate surface area is 123 Å². The lowest BCUT2D eigenvalue weighted by Crippen LogP contribution is -2.55. The highest BCUT2D eigenvalue weighted by atomic mass is 16.5. The average Bonchev–Trinajstić information content (AvgIpc) is 2.48. The molecule has 0 aromatic heterocycles. The van der Waals surface area contributed by atoms with Crippen molar-refractivity contribution in [3.05, 3.63) is 0 Å². The van der Waals surface area contributed by atoms with Crippen molar-refractivity contribution in [2.45, 2.75) is 50.7 Å². The van der Waals surface area contributed by atoms with Gasteiger partial charge in [-0.25, -0.2) is 0 Å². The maximum Gasteiger partial charge on any atom is 0.0620 e. The standard InChI is InChI=1S/C16H31N3O/c1-13(10-15-12-20-9-6-17-15)19-8-5-16-14(11-19)4-3-7-18(16)2/h13-17H,3-12H2,1-2H3. The Bertz CT molecular complexity index is 306. The number of nitrogens with zero attached hydrogens (tertiary/aromatic N) is 2. The molecule has 0 spiro atoms. The van der Waals surface area contributed by atoms with Gasteiger partial charge in [-0.15, -0.1) is 0 Å². The highest BCUT2D eigenvalue weighted by Gasteiger charge is 2.35. The van der Waals surface area contributed by atoms with Crippen LogP contribution in [0.4, 0.5) is 0 Å². The topological polar surface area (TPSA) is 27.7 Å². The summed E-state index contributed by atoms with van der Waals surface area (Å²) in [5.74, 6) is 0.903. The molecule has 4 nitrogen and oxygen atoms in total. The van der Waals surface area contributed by atoms with E-state index in [1.165, 1.54) is 45.3 Å². The van der Waals surface area contributed by atoms with Crippen LogP contribution in [0.2, 0.25) is 0 Å². The van der Waals surface area contributed by atoms with Crippen LogP contribution in [0.15, 0.2) is 0 Å². The van der Waals surface area contributed by atoms with Crippen LogP contribution in [0.5, 0.6) is 0 Å². The first-order valence-electron chi connectivity index (χ1n) is 8.49. The zero-order valence-electron chi connectivity index (χ0n) is 13.2. The molecule has 0 bridgehead atoms. The third-order valence-corrected chi connectivity index (χ3v) is 5.62. The van der Waals surface area contributed by atoms with Gasteiger partial charge in [-0.2, -0.15) is 0 Å². The molecule has 0 saturated carbocycles. The fraction of sp³-hybridized carbons (Fsp3) is 1.00. The largest absolute Gasteiger partial charge is 0.379 e. The van der Waals surface area contributed by atoms with E-state index in [1.54, 1.807) is 0 Å². The summed E-state index contributed by atoms with van der Waals surface area (Å²) in [6.07, 6.45) is 5.41. The summed E-state index contributed by atoms with van der Waals surface area (Å²) in [6.45, 7) is 9.09.